The van der Waals surface area contributed by atoms with Crippen LogP contribution >= 0.6 is 15.8 Å². The average molecular weight is 352 g/mol. The molecule has 0 aliphatic heterocycles. The van der Waals surface area contributed by atoms with E-state index in [-0.39, 0.29) is 0 Å². The Morgan fingerprint density at radius 1 is 0.455 bits per heavy atom. The zero-order chi connectivity index (χ0) is 17.4. The van der Waals surface area contributed by atoms with Crippen molar-refractivity contribution in [2.75, 3.05) is 52.4 Å². The summed E-state index contributed by atoms with van der Waals surface area (Å²) in [6, 6.07) is 0. The van der Waals surface area contributed by atoms with Crippen molar-refractivity contribution >= 4 is 15.8 Å². The molecule has 0 amide bonds. The maximum atomic E-state index is 3.43. The van der Waals surface area contributed by atoms with E-state index in [0.717, 1.165) is 52.4 Å². The predicted molar refractivity (Wildman–Crippen MR) is 108 cm³/mol. The van der Waals surface area contributed by atoms with Crippen LogP contribution in [-0.4, -0.2) is 71.0 Å². The minimum absolute atomic E-state index is 1.08. The van der Waals surface area contributed by atoms with E-state index in [0.29, 0.717) is 0 Å². The second-order valence-corrected chi connectivity index (χ2v) is 12.6. The predicted octanol–water partition coefficient (Wildman–Crippen LogP) is 4.36. The second kappa shape index (κ2) is 9.87. The summed E-state index contributed by atoms with van der Waals surface area (Å²) in [5.74, 6) is 0. The van der Waals surface area contributed by atoms with Gasteiger partial charge in [0, 0.05) is 0 Å². The van der Waals surface area contributed by atoms with Crippen molar-refractivity contribution in [3.05, 3.63) is 0 Å². The third-order valence-corrected chi connectivity index (χ3v) is 15.6. The molecule has 0 aliphatic carbocycles. The molecular formula is C16H42N4P2. The number of hydrogen-bond acceptors (Lipinski definition) is 4. The van der Waals surface area contributed by atoms with Crippen LogP contribution in [0.4, 0.5) is 0 Å². The molecule has 0 heterocycles. The normalized spacial score (nSPS) is 15.0. The Morgan fingerprint density at radius 2 is 0.591 bits per heavy atom. The molecule has 0 fully saturated rings. The van der Waals surface area contributed by atoms with Crippen molar-refractivity contribution in [2.24, 2.45) is 0 Å². The average Bonchev–Trinajstić information content (AvgIpc) is 2.51. The van der Waals surface area contributed by atoms with Gasteiger partial charge in [-0.15, -0.1) is 0 Å². The molecule has 0 spiro atoms. The van der Waals surface area contributed by atoms with Gasteiger partial charge in [0.1, 0.15) is 0 Å². The van der Waals surface area contributed by atoms with Gasteiger partial charge in [-0.1, -0.05) is 0 Å². The van der Waals surface area contributed by atoms with Gasteiger partial charge in [0.15, 0.2) is 0 Å². The summed E-state index contributed by atoms with van der Waals surface area (Å²) in [6.45, 7) is 24.6. The summed E-state index contributed by atoms with van der Waals surface area (Å²) in [6.07, 6.45) is 0. The number of hydrogen-bond donors (Lipinski definition) is 0. The second-order valence-electron chi connectivity index (χ2n) is 5.55. The topological polar surface area (TPSA) is 13.0 Å². The third-order valence-electron chi connectivity index (χ3n) is 5.09. The van der Waals surface area contributed by atoms with Gasteiger partial charge < -0.3 is 0 Å². The zero-order valence-corrected chi connectivity index (χ0v) is 18.5. The first-order valence-electron chi connectivity index (χ1n) is 9.24. The summed E-state index contributed by atoms with van der Waals surface area (Å²) in [4.78, 5) is 0. The van der Waals surface area contributed by atoms with Crippen LogP contribution in [0.25, 0.3) is 0 Å². The van der Waals surface area contributed by atoms with Gasteiger partial charge >= 0.3 is 142 Å². The molecule has 22 heavy (non-hydrogen) atoms. The molecule has 0 aromatic heterocycles. The van der Waals surface area contributed by atoms with Crippen LogP contribution in [-0.2, 0) is 0 Å². The van der Waals surface area contributed by atoms with Crippen molar-refractivity contribution in [3.63, 3.8) is 0 Å². The van der Waals surface area contributed by atoms with E-state index in [1.165, 1.54) is 0 Å². The van der Waals surface area contributed by atoms with Crippen molar-refractivity contribution in [1.82, 2.24) is 18.7 Å². The standard InChI is InChI=1S/C16H42N4P2/c1-9-17(10-2)22(21,18(11-3)12-4,19(13-5)14-6)20(15-7)16-8/h9-16,21H2,1-8H3. The minimum atomic E-state index is -2.57. The Balaban J connectivity index is 6.61. The van der Waals surface area contributed by atoms with E-state index < -0.39 is 6.89 Å². The monoisotopic (exact) mass is 352 g/mol. The van der Waals surface area contributed by atoms with Crippen LogP contribution in [0.2, 0.25) is 0 Å². The molecule has 4 nitrogen and oxygen atoms in total. The fourth-order valence-corrected chi connectivity index (χ4v) is 14.5. The van der Waals surface area contributed by atoms with Crippen LogP contribution in [0.15, 0.2) is 0 Å². The summed E-state index contributed by atoms with van der Waals surface area (Å²) >= 11 is 0. The summed E-state index contributed by atoms with van der Waals surface area (Å²) in [5, 5.41) is 0. The van der Waals surface area contributed by atoms with Crippen molar-refractivity contribution in [3.8, 4) is 0 Å². The number of nitrogens with zero attached hydrogens (tertiary/aromatic N) is 4. The van der Waals surface area contributed by atoms with Gasteiger partial charge in [-0.2, -0.15) is 0 Å². The van der Waals surface area contributed by atoms with Gasteiger partial charge in [-0.05, 0) is 0 Å². The van der Waals surface area contributed by atoms with E-state index in [9.17, 15) is 0 Å². The Morgan fingerprint density at radius 3 is 0.682 bits per heavy atom. The molecule has 0 N–H and O–H groups in total. The molecule has 0 rings (SSSR count). The molecule has 0 aliphatic rings. The first-order chi connectivity index (χ1) is 10.4. The molecule has 0 saturated carbocycles. The van der Waals surface area contributed by atoms with Gasteiger partial charge in [0.05, 0.1) is 0 Å². The molecule has 0 radical (unpaired) electrons. The van der Waals surface area contributed by atoms with E-state index in [1.54, 1.807) is 0 Å². The van der Waals surface area contributed by atoms with Crippen molar-refractivity contribution in [2.45, 2.75) is 55.4 Å². The molecule has 0 bridgehead atoms. The fourth-order valence-electron chi connectivity index (χ4n) is 4.14. The SMILES string of the molecule is CCN(CC)P(P)(N(CC)CC)(N(CC)CC)N(CC)CC. The van der Waals surface area contributed by atoms with E-state index >= 15 is 0 Å². The van der Waals surface area contributed by atoms with Crippen LogP contribution in [0, 0.1) is 0 Å². The summed E-state index contributed by atoms with van der Waals surface area (Å²) < 4.78 is 11.0. The van der Waals surface area contributed by atoms with Gasteiger partial charge in [0.2, 0.25) is 0 Å². The fraction of sp³-hybridized carbons (Fsp3) is 1.00. The van der Waals surface area contributed by atoms with E-state index in [2.05, 4.69) is 83.0 Å². The number of rotatable bonds is 12. The summed E-state index contributed by atoms with van der Waals surface area (Å²) in [7, 11) is 3.43. The molecule has 0 aromatic rings. The molecule has 0 aromatic carbocycles. The van der Waals surface area contributed by atoms with Crippen LogP contribution in [0.1, 0.15) is 55.4 Å². The Hall–Kier alpha value is 0.700. The first kappa shape index (κ1) is 22.7. The molecule has 1 unspecified atom stereocenters. The van der Waals surface area contributed by atoms with Crippen LogP contribution in [0.3, 0.4) is 0 Å². The molecule has 0 saturated heterocycles. The molecular weight excluding hydrogens is 310 g/mol. The summed E-state index contributed by atoms with van der Waals surface area (Å²) in [5.41, 5.74) is 0. The van der Waals surface area contributed by atoms with E-state index in [1.807, 2.05) is 0 Å². The van der Waals surface area contributed by atoms with Crippen molar-refractivity contribution < 1.29 is 0 Å². The van der Waals surface area contributed by atoms with Gasteiger partial charge in [0.25, 0.3) is 0 Å². The zero-order valence-electron chi connectivity index (χ0n) is 16.5. The van der Waals surface area contributed by atoms with Gasteiger partial charge in [-0.25, -0.2) is 0 Å². The maximum absolute atomic E-state index is 3.43. The Labute approximate surface area is 142 Å². The van der Waals surface area contributed by atoms with Crippen LogP contribution in [0.5, 0.6) is 0 Å². The quantitative estimate of drug-likeness (QED) is 0.484. The van der Waals surface area contributed by atoms with E-state index in [4.69, 9.17) is 0 Å². The third kappa shape index (κ3) is 3.39. The Bertz CT molecular complexity index is 239. The van der Waals surface area contributed by atoms with Gasteiger partial charge in [-0.3, -0.25) is 0 Å². The van der Waals surface area contributed by atoms with Crippen molar-refractivity contribution in [1.29, 1.82) is 0 Å². The molecule has 136 valence electrons. The molecule has 6 heteroatoms. The Kier molecular flexibility index (Phi) is 10.2. The van der Waals surface area contributed by atoms with Crippen LogP contribution < -0.4 is 0 Å². The first-order valence-corrected chi connectivity index (χ1v) is 12.9. The molecule has 1 atom stereocenters.